The molecule has 0 atom stereocenters. The Labute approximate surface area is 389 Å². The monoisotopic (exact) mass is 975 g/mol. The molecule has 9 rings (SSSR count). The van der Waals surface area contributed by atoms with Crippen molar-refractivity contribution in [2.45, 2.75) is 0 Å². The van der Waals surface area contributed by atoms with Gasteiger partial charge >= 0.3 is 0 Å². The first-order valence-electron chi connectivity index (χ1n) is 16.9. The molecule has 2 aliphatic heterocycles. The van der Waals surface area contributed by atoms with Crippen LogP contribution in [-0.4, -0.2) is 9.97 Å². The zero-order chi connectivity index (χ0) is 38.8. The summed E-state index contributed by atoms with van der Waals surface area (Å²) in [6, 6.07) is 28.8. The molecule has 0 fully saturated rings. The standard InChI is InChI=1S/C44H20Cl8N4.ClH.Fe/c45-21-5-1-6-22(46)37(21)41-29-13-15-31(53-29)42(38-23(47)7-2-8-24(38)48)33-17-19-35(55-33)44(40-27(51)11-4-12-28(40)52)36-20-18-34(56-36)43(32-16-14-30(41)54-32)39-25(49)9-3-10-26(39)50;;/h1-20H;1H;/q-2;;/p-1. The van der Waals surface area contributed by atoms with E-state index in [1.165, 1.54) is 0 Å². The minimum Gasteiger partial charge on any atom is -1.00 e. The van der Waals surface area contributed by atoms with Crippen LogP contribution in [-0.2, 0) is 17.1 Å². The average Bonchev–Trinajstić information content (AvgIpc) is 4.00. The third-order valence-corrected chi connectivity index (χ3v) is 12.0. The summed E-state index contributed by atoms with van der Waals surface area (Å²) in [5, 5.41) is 3.32. The van der Waals surface area contributed by atoms with E-state index in [1.807, 2.05) is 48.6 Å². The second-order valence-electron chi connectivity index (χ2n) is 12.7. The van der Waals surface area contributed by atoms with E-state index in [-0.39, 0.29) is 29.5 Å². The van der Waals surface area contributed by atoms with Crippen molar-refractivity contribution in [3.63, 3.8) is 0 Å². The molecule has 0 aliphatic carbocycles. The van der Waals surface area contributed by atoms with Gasteiger partial charge in [0.2, 0.25) is 0 Å². The molecule has 0 radical (unpaired) electrons. The van der Waals surface area contributed by atoms with Gasteiger partial charge in [-0.05, 0) is 95.1 Å². The molecule has 4 aromatic carbocycles. The average molecular weight is 980 g/mol. The van der Waals surface area contributed by atoms with Crippen LogP contribution in [0.4, 0.5) is 0 Å². The normalized spacial score (nSPS) is 11.7. The van der Waals surface area contributed by atoms with Crippen LogP contribution >= 0.6 is 92.8 Å². The zero-order valence-corrected chi connectivity index (χ0v) is 37.0. The van der Waals surface area contributed by atoms with Gasteiger partial charge in [0.15, 0.2) is 0 Å². The number of benzene rings is 4. The van der Waals surface area contributed by atoms with Crippen LogP contribution in [0.3, 0.4) is 0 Å². The van der Waals surface area contributed by atoms with Gasteiger partial charge in [0.25, 0.3) is 0 Å². The topological polar surface area (TPSA) is 54.0 Å². The van der Waals surface area contributed by atoms with Gasteiger partial charge in [0.1, 0.15) is 0 Å². The number of halogens is 9. The molecule has 0 unspecified atom stereocenters. The second kappa shape index (κ2) is 17.3. The van der Waals surface area contributed by atoms with E-state index in [0.717, 1.165) is 0 Å². The van der Waals surface area contributed by atoms with Gasteiger partial charge in [-0.25, -0.2) is 9.97 Å². The van der Waals surface area contributed by atoms with Crippen LogP contribution < -0.4 is 22.4 Å². The number of nitrogens with zero attached hydrogens (tertiary/aromatic N) is 4. The molecular weight excluding hydrogens is 959 g/mol. The maximum Gasteiger partial charge on any atom is 0.0705 e. The summed E-state index contributed by atoms with van der Waals surface area (Å²) in [6.07, 6.45) is 7.53. The number of aromatic nitrogens is 4. The van der Waals surface area contributed by atoms with Crippen molar-refractivity contribution in [2.24, 2.45) is 0 Å². The number of hydrogen-bond donors (Lipinski definition) is 0. The number of fused-ring (bicyclic) bond motifs is 8. The fourth-order valence-electron chi connectivity index (χ4n) is 7.06. The third-order valence-electron chi connectivity index (χ3n) is 9.46. The summed E-state index contributed by atoms with van der Waals surface area (Å²) in [5.74, 6) is 0. The van der Waals surface area contributed by atoms with Gasteiger partial charge in [0, 0.05) is 79.5 Å². The predicted molar refractivity (Wildman–Crippen MR) is 239 cm³/mol. The molecule has 8 bridgehead atoms. The van der Waals surface area contributed by atoms with Gasteiger partial charge in [-0.15, -0.1) is 22.1 Å². The summed E-state index contributed by atoms with van der Waals surface area (Å²) >= 11 is 55.4. The molecule has 7 aromatic rings. The molecule has 0 spiro atoms. The molecule has 4 nitrogen and oxygen atoms in total. The van der Waals surface area contributed by atoms with E-state index in [0.29, 0.717) is 130 Å². The molecule has 0 amide bonds. The molecule has 14 heteroatoms. The summed E-state index contributed by atoms with van der Waals surface area (Å²) in [7, 11) is 0. The van der Waals surface area contributed by atoms with Crippen LogP contribution in [0.25, 0.3) is 90.9 Å². The second-order valence-corrected chi connectivity index (χ2v) is 16.0. The fourth-order valence-corrected chi connectivity index (χ4v) is 9.40. The summed E-state index contributed by atoms with van der Waals surface area (Å²) in [5.41, 5.74) is 8.93. The maximum atomic E-state index is 6.93. The molecular formula is C44H20Cl9FeN4-3. The van der Waals surface area contributed by atoms with E-state index in [2.05, 4.69) is 0 Å². The molecule has 0 saturated carbocycles. The van der Waals surface area contributed by atoms with Crippen molar-refractivity contribution in [3.8, 4) is 44.5 Å². The Morgan fingerprint density at radius 1 is 0.293 bits per heavy atom. The Morgan fingerprint density at radius 3 is 0.672 bits per heavy atom. The first kappa shape index (κ1) is 42.7. The van der Waals surface area contributed by atoms with E-state index in [4.69, 9.17) is 113 Å². The molecule has 290 valence electrons. The molecule has 2 aliphatic rings. The third kappa shape index (κ3) is 7.51. The first-order chi connectivity index (χ1) is 27.1. The van der Waals surface area contributed by atoms with Crippen LogP contribution in [0, 0.1) is 0 Å². The van der Waals surface area contributed by atoms with E-state index in [1.54, 1.807) is 72.8 Å². The smallest absolute Gasteiger partial charge is 0.0705 e. The first-order valence-corrected chi connectivity index (χ1v) is 19.9. The molecule has 58 heavy (non-hydrogen) atoms. The van der Waals surface area contributed by atoms with Crippen molar-refractivity contribution >= 4 is 139 Å². The van der Waals surface area contributed by atoms with Gasteiger partial charge in [-0.1, -0.05) is 141 Å². The number of rotatable bonds is 4. The Hall–Kier alpha value is -3.39. The number of hydrogen-bond acceptors (Lipinski definition) is 2. The Morgan fingerprint density at radius 2 is 0.483 bits per heavy atom. The molecule has 5 heterocycles. The van der Waals surface area contributed by atoms with E-state index in [9.17, 15) is 0 Å². The van der Waals surface area contributed by atoms with Crippen LogP contribution in [0.1, 0.15) is 22.8 Å². The van der Waals surface area contributed by atoms with Gasteiger partial charge in [0.05, 0.1) is 22.8 Å². The molecule has 3 aromatic heterocycles. The van der Waals surface area contributed by atoms with Crippen molar-refractivity contribution in [2.75, 3.05) is 0 Å². The predicted octanol–water partition coefficient (Wildman–Crippen LogP) is 12.8. The fraction of sp³-hybridized carbons (Fsp3) is 0. The zero-order valence-electron chi connectivity index (χ0n) is 29.1. The minimum atomic E-state index is 0. The minimum absolute atomic E-state index is 0. The molecule has 0 saturated heterocycles. The summed E-state index contributed by atoms with van der Waals surface area (Å²) in [4.78, 5) is 20.8. The van der Waals surface area contributed by atoms with Crippen molar-refractivity contribution in [3.05, 3.63) is 160 Å². The Bertz CT molecular complexity index is 2560. The van der Waals surface area contributed by atoms with E-state index < -0.39 is 0 Å². The largest absolute Gasteiger partial charge is 1.00 e. The van der Waals surface area contributed by atoms with Crippen LogP contribution in [0.15, 0.2) is 97.1 Å². The summed E-state index contributed by atoms with van der Waals surface area (Å²) in [6.45, 7) is 0. The van der Waals surface area contributed by atoms with Crippen LogP contribution in [0.2, 0.25) is 40.2 Å². The Balaban J connectivity index is 0.00000256. The van der Waals surface area contributed by atoms with Crippen molar-refractivity contribution < 1.29 is 29.5 Å². The van der Waals surface area contributed by atoms with Crippen molar-refractivity contribution in [1.82, 2.24) is 19.9 Å². The van der Waals surface area contributed by atoms with Crippen LogP contribution in [0.5, 0.6) is 0 Å². The van der Waals surface area contributed by atoms with Crippen molar-refractivity contribution in [1.29, 1.82) is 0 Å². The summed E-state index contributed by atoms with van der Waals surface area (Å²) < 4.78 is 0. The maximum absolute atomic E-state index is 6.93. The Kier molecular flexibility index (Phi) is 12.7. The van der Waals surface area contributed by atoms with E-state index >= 15 is 0 Å². The molecule has 0 N–H and O–H groups in total. The van der Waals surface area contributed by atoms with Gasteiger partial charge < -0.3 is 22.4 Å². The quantitative estimate of drug-likeness (QED) is 0.165. The van der Waals surface area contributed by atoms with Gasteiger partial charge in [-0.2, -0.15) is 0 Å². The van der Waals surface area contributed by atoms with Gasteiger partial charge in [-0.3, -0.25) is 0 Å². The SMILES string of the molecule is Clc1cccc(Cl)c1-c1c2nc(c(-c3c(Cl)cccc3Cl)c3ccc([n-]3)c(-c3c(Cl)cccc3Cl)c3nc(c(-c4c(Cl)cccc4Cl)c4ccc1[n-]4)C=C3)C=C2.[Cl-].[Fe].